The van der Waals surface area contributed by atoms with E-state index in [0.29, 0.717) is 28.1 Å². The van der Waals surface area contributed by atoms with Crippen LogP contribution in [-0.4, -0.2) is 36.4 Å². The predicted molar refractivity (Wildman–Crippen MR) is 83.7 cm³/mol. The molecule has 0 saturated heterocycles. The molecule has 0 fully saturated rings. The number of fused-ring (bicyclic) bond motifs is 1. The highest BCUT2D eigenvalue weighted by Crippen LogP contribution is 2.18. The Morgan fingerprint density at radius 3 is 2.87 bits per heavy atom. The number of aromatic amines is 1. The fourth-order valence-corrected chi connectivity index (χ4v) is 2.79. The fourth-order valence-electron chi connectivity index (χ4n) is 2.01. The average molecular weight is 334 g/mol. The lowest BCUT2D eigenvalue weighted by Gasteiger charge is -2.05. The second-order valence-electron chi connectivity index (χ2n) is 4.97. The van der Waals surface area contributed by atoms with Crippen LogP contribution in [0.3, 0.4) is 0 Å². The highest BCUT2D eigenvalue weighted by Gasteiger charge is 2.14. The zero-order valence-electron chi connectivity index (χ0n) is 12.7. The number of nitrogens with one attached hydrogen (secondary N) is 2. The van der Waals surface area contributed by atoms with E-state index >= 15 is 0 Å². The molecule has 10 heteroatoms. The molecule has 3 rings (SSSR count). The van der Waals surface area contributed by atoms with E-state index in [1.54, 1.807) is 24.3 Å². The van der Waals surface area contributed by atoms with E-state index in [4.69, 9.17) is 4.52 Å². The maximum Gasteiger partial charge on any atom is 0.255 e. The molecule has 3 heterocycles. The molecule has 1 amide bonds. The molecule has 120 valence electrons. The van der Waals surface area contributed by atoms with E-state index < -0.39 is 0 Å². The standard InChI is InChI=1S/C13H14N6O3S/c1-6-4-9(18-22-6)14-10(20)5-23-13-17-16-12-15-11(21)7(2)8(3)19(12)13/h4H,5H2,1-3H3,(H,14,18,20)(H,15,16,21). The molecule has 2 N–H and O–H groups in total. The van der Waals surface area contributed by atoms with Gasteiger partial charge in [-0.25, -0.2) is 0 Å². The monoisotopic (exact) mass is 334 g/mol. The first-order valence-electron chi connectivity index (χ1n) is 6.76. The van der Waals surface area contributed by atoms with E-state index in [2.05, 4.69) is 25.7 Å². The molecule has 0 bridgehead atoms. The van der Waals surface area contributed by atoms with Crippen molar-refractivity contribution in [2.75, 3.05) is 11.1 Å². The number of carbonyl (C=O) groups is 1. The number of aryl methyl sites for hydroxylation is 2. The molecular formula is C13H14N6O3S. The van der Waals surface area contributed by atoms with Crippen molar-refractivity contribution < 1.29 is 9.32 Å². The van der Waals surface area contributed by atoms with Crippen molar-refractivity contribution in [2.24, 2.45) is 0 Å². The van der Waals surface area contributed by atoms with E-state index in [0.717, 1.165) is 5.69 Å². The van der Waals surface area contributed by atoms with Crippen LogP contribution in [0.1, 0.15) is 17.0 Å². The van der Waals surface area contributed by atoms with Gasteiger partial charge in [0.2, 0.25) is 11.7 Å². The zero-order valence-corrected chi connectivity index (χ0v) is 13.5. The second-order valence-corrected chi connectivity index (χ2v) is 5.91. The Labute approximate surface area is 134 Å². The maximum absolute atomic E-state index is 11.9. The molecule has 0 aromatic carbocycles. The lowest BCUT2D eigenvalue weighted by Crippen LogP contribution is -2.16. The van der Waals surface area contributed by atoms with Crippen LogP contribution in [-0.2, 0) is 4.79 Å². The average Bonchev–Trinajstić information content (AvgIpc) is 3.09. The Morgan fingerprint density at radius 2 is 2.17 bits per heavy atom. The number of amides is 1. The smallest absolute Gasteiger partial charge is 0.255 e. The summed E-state index contributed by atoms with van der Waals surface area (Å²) in [5.74, 6) is 1.23. The van der Waals surface area contributed by atoms with Crippen molar-refractivity contribution in [1.29, 1.82) is 0 Å². The number of H-pyrrole nitrogens is 1. The summed E-state index contributed by atoms with van der Waals surface area (Å²) in [5, 5.41) is 14.8. The minimum Gasteiger partial charge on any atom is -0.360 e. The summed E-state index contributed by atoms with van der Waals surface area (Å²) in [4.78, 5) is 26.3. The molecule has 0 aliphatic heterocycles. The molecule has 0 unspecified atom stereocenters. The molecule has 9 nitrogen and oxygen atoms in total. The molecule has 0 aliphatic rings. The van der Waals surface area contributed by atoms with E-state index in [9.17, 15) is 9.59 Å². The minimum atomic E-state index is -0.237. The molecule has 0 aliphatic carbocycles. The molecule has 23 heavy (non-hydrogen) atoms. The van der Waals surface area contributed by atoms with Gasteiger partial charge in [0.1, 0.15) is 5.76 Å². The second kappa shape index (κ2) is 5.88. The SMILES string of the molecule is Cc1cc(NC(=O)CSc2nnc3[nH]c(=O)c(C)c(C)n23)no1. The van der Waals surface area contributed by atoms with Gasteiger partial charge < -0.3 is 9.84 Å². The van der Waals surface area contributed by atoms with Gasteiger partial charge in [0.05, 0.1) is 5.75 Å². The normalized spacial score (nSPS) is 11.1. The Balaban J connectivity index is 1.76. The van der Waals surface area contributed by atoms with Gasteiger partial charge in [0.25, 0.3) is 5.56 Å². The van der Waals surface area contributed by atoms with Crippen LogP contribution in [0.5, 0.6) is 0 Å². The van der Waals surface area contributed by atoms with E-state index in [-0.39, 0.29) is 17.2 Å². The third kappa shape index (κ3) is 2.97. The summed E-state index contributed by atoms with van der Waals surface area (Å²) in [6.45, 7) is 5.27. The lowest BCUT2D eigenvalue weighted by molar-refractivity contribution is -0.113. The third-order valence-electron chi connectivity index (χ3n) is 3.31. The van der Waals surface area contributed by atoms with Gasteiger partial charge in [-0.1, -0.05) is 16.9 Å². The predicted octanol–water partition coefficient (Wildman–Crippen LogP) is 1.06. The van der Waals surface area contributed by atoms with Gasteiger partial charge in [-0.2, -0.15) is 0 Å². The van der Waals surface area contributed by atoms with Crippen LogP contribution in [0.2, 0.25) is 0 Å². The number of hydrogen-bond acceptors (Lipinski definition) is 7. The number of hydrogen-bond donors (Lipinski definition) is 2. The zero-order chi connectivity index (χ0) is 16.6. The van der Waals surface area contributed by atoms with Crippen molar-refractivity contribution in [3.63, 3.8) is 0 Å². The van der Waals surface area contributed by atoms with Gasteiger partial charge in [0, 0.05) is 17.3 Å². The largest absolute Gasteiger partial charge is 0.360 e. The summed E-state index contributed by atoms with van der Waals surface area (Å²) < 4.78 is 6.60. The first-order chi connectivity index (χ1) is 11.0. The number of nitrogens with zero attached hydrogens (tertiary/aromatic N) is 4. The topological polar surface area (TPSA) is 118 Å². The highest BCUT2D eigenvalue weighted by atomic mass is 32.2. The summed E-state index contributed by atoms with van der Waals surface area (Å²) in [5.41, 5.74) is 1.13. The van der Waals surface area contributed by atoms with Crippen LogP contribution in [0, 0.1) is 20.8 Å². The number of thioether (sulfide) groups is 1. The van der Waals surface area contributed by atoms with Crippen LogP contribution in [0.15, 0.2) is 20.5 Å². The fraction of sp³-hybridized carbons (Fsp3) is 0.308. The summed E-state index contributed by atoms with van der Waals surface area (Å²) >= 11 is 1.22. The van der Waals surface area contributed by atoms with Crippen molar-refractivity contribution >= 4 is 29.3 Å². The molecule has 3 aromatic rings. The van der Waals surface area contributed by atoms with Crippen molar-refractivity contribution in [2.45, 2.75) is 25.9 Å². The Hall–Kier alpha value is -2.62. The summed E-state index contributed by atoms with van der Waals surface area (Å²) in [6.07, 6.45) is 0. The molecule has 0 atom stereocenters. The van der Waals surface area contributed by atoms with Crippen LogP contribution < -0.4 is 10.9 Å². The van der Waals surface area contributed by atoms with E-state index in [1.807, 2.05) is 6.92 Å². The van der Waals surface area contributed by atoms with Crippen LogP contribution in [0.4, 0.5) is 5.82 Å². The van der Waals surface area contributed by atoms with Gasteiger partial charge in [-0.3, -0.25) is 19.0 Å². The van der Waals surface area contributed by atoms with Crippen molar-refractivity contribution in [3.8, 4) is 0 Å². The number of rotatable bonds is 4. The van der Waals surface area contributed by atoms with Gasteiger partial charge in [-0.05, 0) is 20.8 Å². The Kier molecular flexibility index (Phi) is 3.90. The number of carbonyl (C=O) groups excluding carboxylic acids is 1. The molecule has 0 radical (unpaired) electrons. The number of aromatic nitrogens is 5. The molecular weight excluding hydrogens is 320 g/mol. The molecule has 3 aromatic heterocycles. The highest BCUT2D eigenvalue weighted by molar-refractivity contribution is 7.99. The Morgan fingerprint density at radius 1 is 1.39 bits per heavy atom. The van der Waals surface area contributed by atoms with Crippen LogP contribution in [0.25, 0.3) is 5.78 Å². The first-order valence-corrected chi connectivity index (χ1v) is 7.75. The van der Waals surface area contributed by atoms with Gasteiger partial charge in [0.15, 0.2) is 11.0 Å². The lowest BCUT2D eigenvalue weighted by atomic mass is 10.3. The third-order valence-corrected chi connectivity index (χ3v) is 4.23. The summed E-state index contributed by atoms with van der Waals surface area (Å²) in [7, 11) is 0. The van der Waals surface area contributed by atoms with Gasteiger partial charge in [-0.15, -0.1) is 10.2 Å². The van der Waals surface area contributed by atoms with Crippen molar-refractivity contribution in [3.05, 3.63) is 33.4 Å². The quantitative estimate of drug-likeness (QED) is 0.685. The minimum absolute atomic E-state index is 0.129. The van der Waals surface area contributed by atoms with Crippen LogP contribution >= 0.6 is 11.8 Å². The summed E-state index contributed by atoms with van der Waals surface area (Å²) in [6, 6.07) is 1.63. The van der Waals surface area contributed by atoms with E-state index in [1.165, 1.54) is 11.8 Å². The molecule has 0 saturated carbocycles. The first kappa shape index (κ1) is 15.3. The maximum atomic E-state index is 11.9. The van der Waals surface area contributed by atoms with Gasteiger partial charge >= 0.3 is 0 Å². The van der Waals surface area contributed by atoms with Crippen molar-refractivity contribution in [1.82, 2.24) is 24.7 Å². The number of anilines is 1. The Bertz CT molecular complexity index is 941. The molecule has 0 spiro atoms.